The Morgan fingerprint density at radius 3 is 2.39 bits per heavy atom. The van der Waals surface area contributed by atoms with Crippen molar-refractivity contribution in [2.45, 2.75) is 46.3 Å². The number of halogens is 1. The van der Waals surface area contributed by atoms with Gasteiger partial charge in [-0.25, -0.2) is 0 Å². The lowest BCUT2D eigenvalue weighted by Gasteiger charge is -2.22. The monoisotopic (exact) mass is 340 g/mol. The van der Waals surface area contributed by atoms with E-state index >= 15 is 0 Å². The summed E-state index contributed by atoms with van der Waals surface area (Å²) in [6, 6.07) is 4.83. The lowest BCUT2D eigenvalue weighted by Crippen LogP contribution is -2.33. The van der Waals surface area contributed by atoms with Gasteiger partial charge in [0.1, 0.15) is 0 Å². The highest BCUT2D eigenvalue weighted by Crippen LogP contribution is 2.24. The summed E-state index contributed by atoms with van der Waals surface area (Å²) < 4.78 is 0. The predicted octanol–water partition coefficient (Wildman–Crippen LogP) is 3.17. The van der Waals surface area contributed by atoms with E-state index < -0.39 is 6.10 Å². The first-order valence-electron chi connectivity index (χ1n) is 7.68. The van der Waals surface area contributed by atoms with Gasteiger partial charge in [-0.05, 0) is 38.0 Å². The van der Waals surface area contributed by atoms with Crippen molar-refractivity contribution < 1.29 is 14.7 Å². The zero-order valence-corrected chi connectivity index (χ0v) is 15.0. The van der Waals surface area contributed by atoms with Crippen molar-refractivity contribution >= 4 is 29.1 Å². The molecule has 0 bridgehead atoms. The second-order valence-electron chi connectivity index (χ2n) is 6.27. The van der Waals surface area contributed by atoms with Crippen LogP contribution in [0.5, 0.6) is 0 Å². The minimum atomic E-state index is -0.717. The molecule has 0 fully saturated rings. The predicted molar refractivity (Wildman–Crippen MR) is 92.8 cm³/mol. The number of aliphatic hydroxyl groups excluding tert-OH is 1. The summed E-state index contributed by atoms with van der Waals surface area (Å²) in [5, 5.41) is 12.8. The third-order valence-electron chi connectivity index (χ3n) is 3.75. The third-order valence-corrected chi connectivity index (χ3v) is 4.08. The fourth-order valence-electron chi connectivity index (χ4n) is 1.82. The number of hydrogen-bond donors (Lipinski definition) is 2. The van der Waals surface area contributed by atoms with Crippen molar-refractivity contribution in [2.75, 3.05) is 12.4 Å². The minimum absolute atomic E-state index is 0.0103. The molecule has 23 heavy (non-hydrogen) atoms. The molecule has 1 unspecified atom stereocenters. The Morgan fingerprint density at radius 2 is 1.87 bits per heavy atom. The summed E-state index contributed by atoms with van der Waals surface area (Å²) >= 11 is 6.08. The topological polar surface area (TPSA) is 69.6 Å². The molecule has 1 atom stereocenters. The fourth-order valence-corrected chi connectivity index (χ4v) is 1.98. The van der Waals surface area contributed by atoms with E-state index in [1.165, 1.54) is 0 Å². The Morgan fingerprint density at radius 1 is 1.26 bits per heavy atom. The van der Waals surface area contributed by atoms with E-state index in [-0.39, 0.29) is 30.2 Å². The Balaban J connectivity index is 2.90. The van der Waals surface area contributed by atoms with Gasteiger partial charge in [-0.2, -0.15) is 0 Å². The molecule has 128 valence electrons. The van der Waals surface area contributed by atoms with Gasteiger partial charge in [0.25, 0.3) is 5.91 Å². The first kappa shape index (κ1) is 19.5. The molecule has 2 N–H and O–H groups in total. The van der Waals surface area contributed by atoms with Crippen LogP contribution in [-0.2, 0) is 4.79 Å². The van der Waals surface area contributed by atoms with Crippen molar-refractivity contribution in [1.82, 2.24) is 4.90 Å². The van der Waals surface area contributed by atoms with Crippen LogP contribution in [0.15, 0.2) is 18.2 Å². The standard InChI is InChI=1S/C17H25ClN2O3/c1-10(2)15(21)9-16(22)19-14-8-12(6-7-13(14)18)17(23)20(5)11(3)4/h6-8,10-11,15,21H,9H2,1-5H3,(H,19,22). The first-order valence-corrected chi connectivity index (χ1v) is 8.05. The SMILES string of the molecule is CC(C)C(O)CC(=O)Nc1cc(C(=O)N(C)C(C)C)ccc1Cl. The molecule has 1 aromatic carbocycles. The van der Waals surface area contributed by atoms with Crippen molar-refractivity contribution in [3.8, 4) is 0 Å². The molecular weight excluding hydrogens is 316 g/mol. The van der Waals surface area contributed by atoms with E-state index in [0.29, 0.717) is 16.3 Å². The summed E-state index contributed by atoms with van der Waals surface area (Å²) in [4.78, 5) is 25.9. The van der Waals surface area contributed by atoms with Gasteiger partial charge in [0, 0.05) is 18.7 Å². The van der Waals surface area contributed by atoms with Crippen molar-refractivity contribution in [2.24, 2.45) is 5.92 Å². The summed E-state index contributed by atoms with van der Waals surface area (Å²) in [6.07, 6.45) is -0.733. The Kier molecular flexibility index (Phi) is 7.03. The molecule has 1 rings (SSSR count). The minimum Gasteiger partial charge on any atom is -0.392 e. The van der Waals surface area contributed by atoms with Gasteiger partial charge in [-0.1, -0.05) is 25.4 Å². The smallest absolute Gasteiger partial charge is 0.253 e. The van der Waals surface area contributed by atoms with E-state index in [1.807, 2.05) is 27.7 Å². The number of rotatable bonds is 6. The molecule has 6 heteroatoms. The van der Waals surface area contributed by atoms with Crippen molar-refractivity contribution in [3.05, 3.63) is 28.8 Å². The molecule has 0 heterocycles. The van der Waals surface area contributed by atoms with Crippen LogP contribution < -0.4 is 5.32 Å². The van der Waals surface area contributed by atoms with Gasteiger partial charge in [0.05, 0.1) is 23.2 Å². The molecule has 0 saturated carbocycles. The number of benzene rings is 1. The van der Waals surface area contributed by atoms with Gasteiger partial charge in [0.2, 0.25) is 5.91 Å². The van der Waals surface area contributed by atoms with Crippen LogP contribution in [0, 0.1) is 5.92 Å². The second-order valence-corrected chi connectivity index (χ2v) is 6.68. The van der Waals surface area contributed by atoms with Crippen LogP contribution >= 0.6 is 11.6 Å². The van der Waals surface area contributed by atoms with Crippen LogP contribution in [0.25, 0.3) is 0 Å². The summed E-state index contributed by atoms with van der Waals surface area (Å²) in [7, 11) is 1.72. The van der Waals surface area contributed by atoms with Gasteiger partial charge in [-0.15, -0.1) is 0 Å². The van der Waals surface area contributed by atoms with Crippen LogP contribution in [0.3, 0.4) is 0 Å². The number of hydrogen-bond acceptors (Lipinski definition) is 3. The average molecular weight is 341 g/mol. The largest absolute Gasteiger partial charge is 0.392 e. The van der Waals surface area contributed by atoms with E-state index in [9.17, 15) is 14.7 Å². The lowest BCUT2D eigenvalue weighted by atomic mass is 10.0. The molecule has 0 spiro atoms. The maximum Gasteiger partial charge on any atom is 0.253 e. The van der Waals surface area contributed by atoms with Crippen molar-refractivity contribution in [1.29, 1.82) is 0 Å². The van der Waals surface area contributed by atoms with E-state index in [2.05, 4.69) is 5.32 Å². The van der Waals surface area contributed by atoms with E-state index in [0.717, 1.165) is 0 Å². The second kappa shape index (κ2) is 8.31. The normalized spacial score (nSPS) is 12.4. The summed E-state index contributed by atoms with van der Waals surface area (Å²) in [5.74, 6) is -0.492. The quantitative estimate of drug-likeness (QED) is 0.835. The number of nitrogens with zero attached hydrogens (tertiary/aromatic N) is 1. The number of anilines is 1. The number of carbonyl (C=O) groups excluding carboxylic acids is 2. The molecule has 0 aromatic heterocycles. The first-order chi connectivity index (χ1) is 10.6. The van der Waals surface area contributed by atoms with E-state index in [4.69, 9.17) is 11.6 Å². The molecule has 0 aliphatic carbocycles. The maximum absolute atomic E-state index is 12.3. The van der Waals surface area contributed by atoms with Gasteiger partial charge >= 0.3 is 0 Å². The highest BCUT2D eigenvalue weighted by atomic mass is 35.5. The number of aliphatic hydroxyl groups is 1. The molecule has 5 nitrogen and oxygen atoms in total. The molecule has 2 amide bonds. The molecule has 1 aromatic rings. The highest BCUT2D eigenvalue weighted by molar-refractivity contribution is 6.33. The van der Waals surface area contributed by atoms with E-state index in [1.54, 1.807) is 30.1 Å². The highest BCUT2D eigenvalue weighted by Gasteiger charge is 2.18. The molecule has 0 radical (unpaired) electrons. The Hall–Kier alpha value is -1.59. The van der Waals surface area contributed by atoms with Crippen LogP contribution in [0.4, 0.5) is 5.69 Å². The fraction of sp³-hybridized carbons (Fsp3) is 0.529. The van der Waals surface area contributed by atoms with Gasteiger partial charge in [0.15, 0.2) is 0 Å². The summed E-state index contributed by atoms with van der Waals surface area (Å²) in [6.45, 7) is 7.52. The average Bonchev–Trinajstić information content (AvgIpc) is 2.47. The van der Waals surface area contributed by atoms with Gasteiger partial charge in [-0.3, -0.25) is 9.59 Å². The Bertz CT molecular complexity index is 573. The van der Waals surface area contributed by atoms with Crippen LogP contribution in [-0.4, -0.2) is 41.0 Å². The molecule has 0 aliphatic heterocycles. The zero-order chi connectivity index (χ0) is 17.7. The van der Waals surface area contributed by atoms with Gasteiger partial charge < -0.3 is 15.3 Å². The molecule has 0 aliphatic rings. The zero-order valence-electron chi connectivity index (χ0n) is 14.3. The Labute approximate surface area is 142 Å². The van der Waals surface area contributed by atoms with Crippen LogP contribution in [0.1, 0.15) is 44.5 Å². The third kappa shape index (κ3) is 5.52. The maximum atomic E-state index is 12.3. The number of carbonyl (C=O) groups is 2. The summed E-state index contributed by atoms with van der Waals surface area (Å²) in [5.41, 5.74) is 0.820. The van der Waals surface area contributed by atoms with Crippen molar-refractivity contribution in [3.63, 3.8) is 0 Å². The lowest BCUT2D eigenvalue weighted by molar-refractivity contribution is -0.118. The molecular formula is C17H25ClN2O3. The number of amides is 2. The van der Waals surface area contributed by atoms with Crippen LogP contribution in [0.2, 0.25) is 5.02 Å². The number of nitrogens with one attached hydrogen (secondary N) is 1. The molecule has 0 saturated heterocycles.